The van der Waals surface area contributed by atoms with Crippen molar-refractivity contribution in [2.45, 2.75) is 51.1 Å². The monoisotopic (exact) mass is 517 g/mol. The van der Waals surface area contributed by atoms with Gasteiger partial charge in [-0.25, -0.2) is 4.98 Å². The van der Waals surface area contributed by atoms with Gasteiger partial charge >= 0.3 is 12.1 Å². The van der Waals surface area contributed by atoms with E-state index in [2.05, 4.69) is 20.7 Å². The van der Waals surface area contributed by atoms with Crippen LogP contribution in [0.1, 0.15) is 57.3 Å². The number of aromatic nitrogens is 3. The third-order valence-corrected chi connectivity index (χ3v) is 6.18. The number of halogens is 3. The van der Waals surface area contributed by atoms with Crippen LogP contribution < -0.4 is 10.6 Å². The molecule has 12 heteroatoms. The van der Waals surface area contributed by atoms with Gasteiger partial charge < -0.3 is 20.8 Å². The Morgan fingerprint density at radius 2 is 2.03 bits per heavy atom. The number of anilines is 1. The summed E-state index contributed by atoms with van der Waals surface area (Å²) in [6.07, 6.45) is -1.52. The number of benzene rings is 1. The van der Waals surface area contributed by atoms with E-state index in [0.29, 0.717) is 13.0 Å². The number of carboxylic acids is 1. The molecule has 4 N–H and O–H groups in total. The highest BCUT2D eigenvalue weighted by molar-refractivity contribution is 5.95. The number of nitrogens with one attached hydrogen (secondary N) is 2. The van der Waals surface area contributed by atoms with Crippen LogP contribution in [0.2, 0.25) is 0 Å². The lowest BCUT2D eigenvalue weighted by atomic mass is 10.0. The Bertz CT molecular complexity index is 1290. The van der Waals surface area contributed by atoms with E-state index in [1.165, 1.54) is 16.9 Å². The summed E-state index contributed by atoms with van der Waals surface area (Å²) >= 11 is 0. The summed E-state index contributed by atoms with van der Waals surface area (Å²) in [5.74, 6) is -1.20. The largest absolute Gasteiger partial charge is 0.481 e. The topological polar surface area (TPSA) is 129 Å². The lowest BCUT2D eigenvalue weighted by molar-refractivity contribution is -0.138. The number of rotatable bonds is 9. The van der Waals surface area contributed by atoms with Crippen molar-refractivity contribution in [3.8, 4) is 0 Å². The highest BCUT2D eigenvalue weighted by atomic mass is 19.4. The molecular formula is C25H26F3N5O4. The average molecular weight is 518 g/mol. The number of carbonyl (C=O) groups excluding carboxylic acids is 1. The predicted octanol–water partition coefficient (Wildman–Crippen LogP) is 3.34. The van der Waals surface area contributed by atoms with E-state index in [1.54, 1.807) is 0 Å². The van der Waals surface area contributed by atoms with E-state index in [9.17, 15) is 33.0 Å². The van der Waals surface area contributed by atoms with Crippen LogP contribution in [0.25, 0.3) is 0 Å². The summed E-state index contributed by atoms with van der Waals surface area (Å²) in [5.41, 5.74) is 1.21. The third kappa shape index (κ3) is 6.26. The van der Waals surface area contributed by atoms with Crippen LogP contribution in [-0.2, 0) is 37.0 Å². The lowest BCUT2D eigenvalue weighted by Gasteiger charge is -2.19. The molecule has 3 heterocycles. The Morgan fingerprint density at radius 1 is 1.22 bits per heavy atom. The number of hydrogen-bond acceptors (Lipinski definition) is 6. The van der Waals surface area contributed by atoms with E-state index >= 15 is 0 Å². The summed E-state index contributed by atoms with van der Waals surface area (Å²) in [6, 6.07) is 6.87. The number of aliphatic carboxylic acids is 1. The van der Waals surface area contributed by atoms with Crippen LogP contribution in [0.15, 0.2) is 42.6 Å². The molecule has 1 aliphatic rings. The van der Waals surface area contributed by atoms with Crippen molar-refractivity contribution in [2.75, 3.05) is 11.9 Å². The first kappa shape index (κ1) is 26.1. The molecule has 0 saturated heterocycles. The van der Waals surface area contributed by atoms with Crippen molar-refractivity contribution >= 4 is 17.7 Å². The van der Waals surface area contributed by atoms with Crippen LogP contribution >= 0.6 is 0 Å². The fourth-order valence-corrected chi connectivity index (χ4v) is 4.28. The summed E-state index contributed by atoms with van der Waals surface area (Å²) in [6.45, 7) is 0.662. The van der Waals surface area contributed by atoms with Gasteiger partial charge in [-0.15, -0.1) is 0 Å². The smallest absolute Gasteiger partial charge is 0.416 e. The predicted molar refractivity (Wildman–Crippen MR) is 127 cm³/mol. The van der Waals surface area contributed by atoms with Gasteiger partial charge in [0.15, 0.2) is 0 Å². The van der Waals surface area contributed by atoms with Gasteiger partial charge in [-0.3, -0.25) is 14.3 Å². The molecule has 0 radical (unpaired) electrons. The van der Waals surface area contributed by atoms with Crippen LogP contribution in [0, 0.1) is 0 Å². The summed E-state index contributed by atoms with van der Waals surface area (Å²) in [7, 11) is 0. The van der Waals surface area contributed by atoms with Crippen LogP contribution in [0.3, 0.4) is 0 Å². The first-order chi connectivity index (χ1) is 17.7. The number of aliphatic hydroxyl groups is 1. The zero-order valence-electron chi connectivity index (χ0n) is 19.8. The molecule has 0 spiro atoms. The van der Waals surface area contributed by atoms with Crippen LogP contribution in [0.4, 0.5) is 19.0 Å². The number of fused-ring (bicyclic) bond motifs is 1. The minimum Gasteiger partial charge on any atom is -0.481 e. The molecule has 2 aromatic heterocycles. The summed E-state index contributed by atoms with van der Waals surface area (Å²) < 4.78 is 40.9. The van der Waals surface area contributed by atoms with E-state index in [-0.39, 0.29) is 16.8 Å². The molecule has 3 aromatic rings. The average Bonchev–Trinajstić information content (AvgIpc) is 3.29. The molecule has 1 aromatic carbocycles. The number of carbonyl (C=O) groups is 2. The van der Waals surface area contributed by atoms with Gasteiger partial charge in [-0.05, 0) is 42.2 Å². The van der Waals surface area contributed by atoms with Crippen molar-refractivity contribution in [3.05, 3.63) is 76.2 Å². The molecule has 0 fully saturated rings. The van der Waals surface area contributed by atoms with Gasteiger partial charge in [0, 0.05) is 25.2 Å². The number of amides is 1. The molecule has 1 amide bonds. The number of hydrogen-bond donors (Lipinski definition) is 4. The summed E-state index contributed by atoms with van der Waals surface area (Å²) in [5, 5.41) is 29.1. The van der Waals surface area contributed by atoms with Gasteiger partial charge in [-0.2, -0.15) is 18.3 Å². The van der Waals surface area contributed by atoms with Gasteiger partial charge in [0.05, 0.1) is 42.1 Å². The fourth-order valence-electron chi connectivity index (χ4n) is 4.28. The Labute approximate surface area is 210 Å². The zero-order chi connectivity index (χ0) is 26.6. The quantitative estimate of drug-likeness (QED) is 0.343. The van der Waals surface area contributed by atoms with Gasteiger partial charge in [0.2, 0.25) is 0 Å². The molecule has 1 unspecified atom stereocenters. The van der Waals surface area contributed by atoms with E-state index in [1.807, 2.05) is 12.1 Å². The minimum atomic E-state index is -4.62. The molecule has 37 heavy (non-hydrogen) atoms. The maximum Gasteiger partial charge on any atom is 0.416 e. The van der Waals surface area contributed by atoms with Crippen molar-refractivity contribution in [1.29, 1.82) is 0 Å². The molecule has 4 rings (SSSR count). The van der Waals surface area contributed by atoms with E-state index < -0.39 is 42.7 Å². The lowest BCUT2D eigenvalue weighted by Crippen LogP contribution is -2.31. The molecule has 0 bridgehead atoms. The molecular weight excluding hydrogens is 491 g/mol. The van der Waals surface area contributed by atoms with E-state index in [4.69, 9.17) is 0 Å². The number of pyridine rings is 1. The van der Waals surface area contributed by atoms with Crippen LogP contribution in [-0.4, -0.2) is 43.4 Å². The zero-order valence-corrected chi connectivity index (χ0v) is 19.8. The highest BCUT2D eigenvalue weighted by Gasteiger charge is 2.31. The second-order valence-electron chi connectivity index (χ2n) is 8.72. The number of nitrogens with zero attached hydrogens (tertiary/aromatic N) is 3. The number of aliphatic hydroxyl groups excluding tert-OH is 1. The van der Waals surface area contributed by atoms with Crippen molar-refractivity contribution in [2.24, 2.45) is 0 Å². The summed E-state index contributed by atoms with van der Waals surface area (Å²) in [4.78, 5) is 29.0. The third-order valence-electron chi connectivity index (χ3n) is 6.18. The SMILES string of the molecule is O=C(O)CC(NC(=O)c1cnn(CCc2ccc3c(n2)NCCC3)c1CO)c1cccc(C(F)(F)F)c1. The molecule has 0 saturated carbocycles. The minimum absolute atomic E-state index is 0.00407. The Balaban J connectivity index is 1.50. The number of carboxylic acid groups (broad SMARTS) is 1. The number of aryl methyl sites for hydroxylation is 3. The van der Waals surface area contributed by atoms with Gasteiger partial charge in [0.1, 0.15) is 5.82 Å². The Kier molecular flexibility index (Phi) is 7.77. The van der Waals surface area contributed by atoms with E-state index in [0.717, 1.165) is 54.7 Å². The van der Waals surface area contributed by atoms with Crippen molar-refractivity contribution < 1.29 is 33.0 Å². The standard InChI is InChI=1S/C25H26F3N5O4/c26-25(27,28)17-5-1-3-16(11-17)20(12-22(35)36)32-24(37)19-13-30-33(21(19)14-34)10-8-18-7-6-15-4-2-9-29-23(15)31-18/h1,3,5-7,11,13,20,34H,2,4,8-10,12,14H2,(H,29,31)(H,32,37)(H,35,36). The molecule has 9 nitrogen and oxygen atoms in total. The Hall–Kier alpha value is -3.93. The van der Waals surface area contributed by atoms with Crippen LogP contribution in [0.5, 0.6) is 0 Å². The second-order valence-corrected chi connectivity index (χ2v) is 8.72. The first-order valence-electron chi connectivity index (χ1n) is 11.7. The highest BCUT2D eigenvalue weighted by Crippen LogP contribution is 2.31. The molecule has 196 valence electrons. The maximum atomic E-state index is 13.2. The first-order valence-corrected chi connectivity index (χ1v) is 11.7. The second kappa shape index (κ2) is 11.0. The number of alkyl halides is 3. The van der Waals surface area contributed by atoms with Crippen molar-refractivity contribution in [3.63, 3.8) is 0 Å². The normalized spacial score (nSPS) is 13.9. The van der Waals surface area contributed by atoms with Crippen molar-refractivity contribution in [1.82, 2.24) is 20.1 Å². The van der Waals surface area contributed by atoms with Gasteiger partial charge in [-0.1, -0.05) is 18.2 Å². The Morgan fingerprint density at radius 3 is 2.76 bits per heavy atom. The molecule has 1 atom stereocenters. The molecule has 1 aliphatic heterocycles. The van der Waals surface area contributed by atoms with Gasteiger partial charge in [0.25, 0.3) is 5.91 Å². The molecule has 0 aliphatic carbocycles. The fraction of sp³-hybridized carbons (Fsp3) is 0.360. The maximum absolute atomic E-state index is 13.2.